The molecule has 0 atom stereocenters. The van der Waals surface area contributed by atoms with Crippen LogP contribution in [-0.4, -0.2) is 27.4 Å². The van der Waals surface area contributed by atoms with E-state index in [0.717, 1.165) is 50.4 Å². The van der Waals surface area contributed by atoms with Crippen LogP contribution in [0.5, 0.6) is 11.5 Å². The molecule has 0 amide bonds. The first-order valence-electron chi connectivity index (χ1n) is 6.58. The Hall–Kier alpha value is -1.22. The van der Waals surface area contributed by atoms with Crippen LogP contribution in [0.15, 0.2) is 12.1 Å². The van der Waals surface area contributed by atoms with Crippen molar-refractivity contribution in [3.05, 3.63) is 23.3 Å². The molecule has 98 valence electrons. The molecule has 0 aromatic heterocycles. The molecule has 1 heterocycles. The summed E-state index contributed by atoms with van der Waals surface area (Å²) in [6, 6.07) is 4.05. The SMILES string of the molecule is COc1ccc(OC)c2c1CC1(CCOCC1)C2. The van der Waals surface area contributed by atoms with Crippen molar-refractivity contribution in [2.24, 2.45) is 5.41 Å². The molecule has 0 radical (unpaired) electrons. The van der Waals surface area contributed by atoms with Crippen LogP contribution in [0.25, 0.3) is 0 Å². The van der Waals surface area contributed by atoms with Gasteiger partial charge in [0.1, 0.15) is 11.5 Å². The molecule has 1 aromatic carbocycles. The molecule has 0 saturated carbocycles. The van der Waals surface area contributed by atoms with E-state index in [9.17, 15) is 0 Å². The molecule has 2 aliphatic rings. The number of rotatable bonds is 2. The first-order chi connectivity index (χ1) is 8.78. The Balaban J connectivity index is 1.99. The fourth-order valence-corrected chi connectivity index (χ4v) is 3.39. The molecule has 18 heavy (non-hydrogen) atoms. The highest BCUT2D eigenvalue weighted by molar-refractivity contribution is 5.52. The average molecular weight is 248 g/mol. The van der Waals surface area contributed by atoms with Gasteiger partial charge in [-0.05, 0) is 43.2 Å². The lowest BCUT2D eigenvalue weighted by Crippen LogP contribution is -2.30. The number of hydrogen-bond acceptors (Lipinski definition) is 3. The van der Waals surface area contributed by atoms with Crippen molar-refractivity contribution in [2.75, 3.05) is 27.4 Å². The maximum Gasteiger partial charge on any atom is 0.122 e. The molecule has 1 aliphatic heterocycles. The third-order valence-electron chi connectivity index (χ3n) is 4.44. The fraction of sp³-hybridized carbons (Fsp3) is 0.600. The first kappa shape index (κ1) is 11.8. The minimum absolute atomic E-state index is 0.377. The second-order valence-electron chi connectivity index (χ2n) is 5.39. The summed E-state index contributed by atoms with van der Waals surface area (Å²) in [6.45, 7) is 1.78. The maximum atomic E-state index is 5.51. The Labute approximate surface area is 108 Å². The molecule has 1 aliphatic carbocycles. The Morgan fingerprint density at radius 3 is 1.89 bits per heavy atom. The van der Waals surface area contributed by atoms with E-state index in [4.69, 9.17) is 14.2 Å². The number of ether oxygens (including phenoxy) is 3. The van der Waals surface area contributed by atoms with E-state index >= 15 is 0 Å². The Morgan fingerprint density at radius 2 is 1.44 bits per heavy atom. The molecular formula is C15H20O3. The summed E-state index contributed by atoms with van der Waals surface area (Å²) >= 11 is 0. The summed E-state index contributed by atoms with van der Waals surface area (Å²) in [5, 5.41) is 0. The normalized spacial score (nSPS) is 20.8. The van der Waals surface area contributed by atoms with Crippen LogP contribution in [0.3, 0.4) is 0 Å². The van der Waals surface area contributed by atoms with Gasteiger partial charge in [-0.25, -0.2) is 0 Å². The predicted octanol–water partition coefficient (Wildman–Crippen LogP) is 2.60. The second kappa shape index (κ2) is 4.47. The first-order valence-corrected chi connectivity index (χ1v) is 6.58. The molecule has 1 saturated heterocycles. The topological polar surface area (TPSA) is 27.7 Å². The highest BCUT2D eigenvalue weighted by Crippen LogP contribution is 2.49. The van der Waals surface area contributed by atoms with Crippen LogP contribution in [0.1, 0.15) is 24.0 Å². The Morgan fingerprint density at radius 1 is 0.944 bits per heavy atom. The van der Waals surface area contributed by atoms with Crippen LogP contribution in [0.4, 0.5) is 0 Å². The van der Waals surface area contributed by atoms with Crippen molar-refractivity contribution in [1.29, 1.82) is 0 Å². The van der Waals surface area contributed by atoms with Gasteiger partial charge in [0.25, 0.3) is 0 Å². The van der Waals surface area contributed by atoms with E-state index in [2.05, 4.69) is 0 Å². The van der Waals surface area contributed by atoms with Gasteiger partial charge in [-0.15, -0.1) is 0 Å². The van der Waals surface area contributed by atoms with Crippen molar-refractivity contribution in [2.45, 2.75) is 25.7 Å². The van der Waals surface area contributed by atoms with E-state index in [1.54, 1.807) is 14.2 Å². The molecular weight excluding hydrogens is 228 g/mol. The lowest BCUT2D eigenvalue weighted by Gasteiger charge is -2.33. The van der Waals surface area contributed by atoms with E-state index in [-0.39, 0.29) is 0 Å². The minimum Gasteiger partial charge on any atom is -0.496 e. The van der Waals surface area contributed by atoms with E-state index in [0.29, 0.717) is 5.41 Å². The van der Waals surface area contributed by atoms with Crippen molar-refractivity contribution < 1.29 is 14.2 Å². The highest BCUT2D eigenvalue weighted by atomic mass is 16.5. The van der Waals surface area contributed by atoms with Gasteiger partial charge in [-0.1, -0.05) is 0 Å². The van der Waals surface area contributed by atoms with Gasteiger partial charge < -0.3 is 14.2 Å². The zero-order valence-electron chi connectivity index (χ0n) is 11.1. The molecule has 1 spiro atoms. The van der Waals surface area contributed by atoms with Crippen LogP contribution in [0, 0.1) is 5.41 Å². The zero-order valence-corrected chi connectivity index (χ0v) is 11.1. The summed E-state index contributed by atoms with van der Waals surface area (Å²) < 4.78 is 16.5. The quantitative estimate of drug-likeness (QED) is 0.805. The monoisotopic (exact) mass is 248 g/mol. The maximum absolute atomic E-state index is 5.51. The highest BCUT2D eigenvalue weighted by Gasteiger charge is 2.41. The molecule has 1 aromatic rings. The van der Waals surface area contributed by atoms with Gasteiger partial charge in [0.05, 0.1) is 14.2 Å². The standard InChI is InChI=1S/C15H20O3/c1-16-13-3-4-14(17-2)12-10-15(9-11(12)13)5-7-18-8-6-15/h3-4H,5-10H2,1-2H3. The lowest BCUT2D eigenvalue weighted by atomic mass is 9.77. The third kappa shape index (κ3) is 1.77. The van der Waals surface area contributed by atoms with Gasteiger partial charge in [0, 0.05) is 24.3 Å². The minimum atomic E-state index is 0.377. The van der Waals surface area contributed by atoms with Gasteiger partial charge in [-0.3, -0.25) is 0 Å². The largest absolute Gasteiger partial charge is 0.496 e. The predicted molar refractivity (Wildman–Crippen MR) is 69.4 cm³/mol. The summed E-state index contributed by atoms with van der Waals surface area (Å²) in [5.41, 5.74) is 3.07. The van der Waals surface area contributed by atoms with Crippen molar-refractivity contribution >= 4 is 0 Å². The van der Waals surface area contributed by atoms with Crippen LogP contribution < -0.4 is 9.47 Å². The summed E-state index contributed by atoms with van der Waals surface area (Å²) in [4.78, 5) is 0. The molecule has 3 heteroatoms. The lowest BCUT2D eigenvalue weighted by molar-refractivity contribution is 0.0196. The number of hydrogen-bond donors (Lipinski definition) is 0. The average Bonchev–Trinajstić information content (AvgIpc) is 2.77. The summed E-state index contributed by atoms with van der Waals surface area (Å²) in [7, 11) is 3.49. The number of fused-ring (bicyclic) bond motifs is 1. The number of methoxy groups -OCH3 is 2. The Kier molecular flexibility index (Phi) is 2.94. The third-order valence-corrected chi connectivity index (χ3v) is 4.44. The second-order valence-corrected chi connectivity index (χ2v) is 5.39. The van der Waals surface area contributed by atoms with Gasteiger partial charge in [-0.2, -0.15) is 0 Å². The summed E-state index contributed by atoms with van der Waals surface area (Å²) in [5.74, 6) is 2.02. The van der Waals surface area contributed by atoms with Gasteiger partial charge in [0.2, 0.25) is 0 Å². The molecule has 0 N–H and O–H groups in total. The molecule has 0 unspecified atom stereocenters. The molecule has 3 nitrogen and oxygen atoms in total. The van der Waals surface area contributed by atoms with Gasteiger partial charge in [0.15, 0.2) is 0 Å². The van der Waals surface area contributed by atoms with E-state index in [1.807, 2.05) is 12.1 Å². The molecule has 3 rings (SSSR count). The van der Waals surface area contributed by atoms with E-state index < -0.39 is 0 Å². The van der Waals surface area contributed by atoms with Crippen LogP contribution in [0.2, 0.25) is 0 Å². The summed E-state index contributed by atoms with van der Waals surface area (Å²) in [6.07, 6.45) is 4.50. The van der Waals surface area contributed by atoms with E-state index in [1.165, 1.54) is 11.1 Å². The molecule has 0 bridgehead atoms. The van der Waals surface area contributed by atoms with Crippen LogP contribution in [-0.2, 0) is 17.6 Å². The number of benzene rings is 1. The van der Waals surface area contributed by atoms with Crippen molar-refractivity contribution in [3.8, 4) is 11.5 Å². The van der Waals surface area contributed by atoms with Crippen LogP contribution >= 0.6 is 0 Å². The fourth-order valence-electron chi connectivity index (χ4n) is 3.39. The Bertz CT molecular complexity index is 412. The zero-order chi connectivity index (χ0) is 12.6. The van der Waals surface area contributed by atoms with Crippen molar-refractivity contribution in [1.82, 2.24) is 0 Å². The smallest absolute Gasteiger partial charge is 0.122 e. The molecule has 1 fully saturated rings. The van der Waals surface area contributed by atoms with Crippen molar-refractivity contribution in [3.63, 3.8) is 0 Å². The van der Waals surface area contributed by atoms with Gasteiger partial charge >= 0.3 is 0 Å².